The summed E-state index contributed by atoms with van der Waals surface area (Å²) in [5.74, 6) is 0.0738. The fourth-order valence-electron chi connectivity index (χ4n) is 5.50. The van der Waals surface area contributed by atoms with Crippen molar-refractivity contribution in [2.45, 2.75) is 31.1 Å². The van der Waals surface area contributed by atoms with E-state index in [-0.39, 0.29) is 17.9 Å². The molecule has 35 heavy (non-hydrogen) atoms. The topological polar surface area (TPSA) is 91.6 Å². The number of esters is 1. The van der Waals surface area contributed by atoms with Crippen LogP contribution in [0.5, 0.6) is 0 Å². The molecule has 1 N–H and O–H groups in total. The number of fused-ring (bicyclic) bond motifs is 3. The number of carbonyl (C=O) groups excluding carboxylic acids is 2. The minimum absolute atomic E-state index is 0.0569. The van der Waals surface area contributed by atoms with Crippen LogP contribution in [0.15, 0.2) is 83.5 Å². The first-order valence-corrected chi connectivity index (χ1v) is 12.2. The second-order valence-electron chi connectivity index (χ2n) is 9.68. The molecular weight excluding hydrogens is 444 g/mol. The van der Waals surface area contributed by atoms with Crippen molar-refractivity contribution in [3.05, 3.63) is 95.9 Å². The molecule has 1 amide bonds. The van der Waals surface area contributed by atoms with Gasteiger partial charge in [-0.1, -0.05) is 60.7 Å². The molecule has 0 spiro atoms. The van der Waals surface area contributed by atoms with Crippen LogP contribution in [-0.4, -0.2) is 48.6 Å². The summed E-state index contributed by atoms with van der Waals surface area (Å²) in [4.78, 5) is 26.3. The van der Waals surface area contributed by atoms with Crippen molar-refractivity contribution in [1.29, 1.82) is 0 Å². The lowest BCUT2D eigenvalue weighted by molar-refractivity contribution is -0.939. The van der Waals surface area contributed by atoms with Gasteiger partial charge >= 0.3 is 5.97 Å². The highest BCUT2D eigenvalue weighted by molar-refractivity contribution is 5.85. The summed E-state index contributed by atoms with van der Waals surface area (Å²) in [5, 5.41) is 17.1. The number of quaternary nitrogens is 1. The molecule has 6 rings (SSSR count). The van der Waals surface area contributed by atoms with E-state index in [0.29, 0.717) is 41.0 Å². The number of hydrogen-bond acceptors (Lipinski definition) is 5. The fourth-order valence-corrected chi connectivity index (χ4v) is 5.50. The van der Waals surface area contributed by atoms with Crippen LogP contribution in [0, 0.1) is 5.92 Å². The van der Waals surface area contributed by atoms with Gasteiger partial charge < -0.3 is 24.1 Å². The Morgan fingerprint density at radius 3 is 2.17 bits per heavy atom. The number of rotatable bonds is 8. The lowest BCUT2D eigenvalue weighted by Gasteiger charge is -2.52. The zero-order chi connectivity index (χ0) is 24.3. The van der Waals surface area contributed by atoms with E-state index < -0.39 is 11.6 Å². The number of amides is 1. The molecule has 7 nitrogen and oxygen atoms in total. The van der Waals surface area contributed by atoms with Crippen molar-refractivity contribution in [2.24, 2.45) is 5.92 Å². The number of nitrogens with zero attached hydrogens (tertiary/aromatic N) is 1. The molecule has 3 aliphatic rings. The van der Waals surface area contributed by atoms with Crippen molar-refractivity contribution in [2.75, 3.05) is 26.2 Å². The van der Waals surface area contributed by atoms with Gasteiger partial charge in [0.1, 0.15) is 12.3 Å². The number of carbonyl (C=O) groups is 2. The summed E-state index contributed by atoms with van der Waals surface area (Å²) in [6.07, 6.45) is 2.93. The van der Waals surface area contributed by atoms with Gasteiger partial charge in [0.2, 0.25) is 0 Å². The molecule has 3 saturated heterocycles. The minimum Gasteiger partial charge on any atom is -0.834 e. The van der Waals surface area contributed by atoms with Crippen LogP contribution in [0.3, 0.4) is 0 Å². The van der Waals surface area contributed by atoms with Gasteiger partial charge in [-0.05, 0) is 23.3 Å². The molecule has 0 aliphatic carbocycles. The third-order valence-corrected chi connectivity index (χ3v) is 7.47. The quantitative estimate of drug-likeness (QED) is 0.400. The molecule has 4 heterocycles. The van der Waals surface area contributed by atoms with Gasteiger partial charge in [-0.25, -0.2) is 0 Å². The standard InChI is InChI=1S/C28H30N2O5/c31-26(29-18-24-12-7-17-34-24)20-30-15-13-21(14-16-30)25(19-30)35-27(32)28(33,22-8-3-1-4-9-22)23-10-5-2-6-11-23/h1-12,17,21,25H,13-16,18-20H2,(H,29,31). The average Bonchev–Trinajstić information content (AvgIpc) is 3.42. The Balaban J connectivity index is 1.31. The molecule has 7 heteroatoms. The van der Waals surface area contributed by atoms with Gasteiger partial charge in [0.15, 0.2) is 12.6 Å². The zero-order valence-corrected chi connectivity index (χ0v) is 19.6. The highest BCUT2D eigenvalue weighted by Gasteiger charge is 2.49. The molecule has 0 radical (unpaired) electrons. The maximum Gasteiger partial charge on any atom is 0.304 e. The van der Waals surface area contributed by atoms with E-state index in [4.69, 9.17) is 9.15 Å². The highest BCUT2D eigenvalue weighted by atomic mass is 16.6. The van der Waals surface area contributed by atoms with E-state index in [0.717, 1.165) is 25.9 Å². The van der Waals surface area contributed by atoms with Crippen molar-refractivity contribution in [3.8, 4) is 0 Å². The molecule has 182 valence electrons. The molecule has 2 bridgehead atoms. The first kappa shape index (κ1) is 23.3. The van der Waals surface area contributed by atoms with Gasteiger partial charge in [0.25, 0.3) is 5.91 Å². The zero-order valence-electron chi connectivity index (χ0n) is 19.6. The second-order valence-corrected chi connectivity index (χ2v) is 9.68. The number of piperidine rings is 3. The third kappa shape index (κ3) is 4.74. The SMILES string of the molecule is O=C(C[N+]12CCC(CC1)C(OC(=O)C([O-])(c1ccccc1)c1ccccc1)C2)NCc1ccco1. The summed E-state index contributed by atoms with van der Waals surface area (Å²) in [6, 6.07) is 21.0. The van der Waals surface area contributed by atoms with Crippen LogP contribution in [0.2, 0.25) is 0 Å². The van der Waals surface area contributed by atoms with Crippen LogP contribution in [0.25, 0.3) is 0 Å². The van der Waals surface area contributed by atoms with E-state index in [9.17, 15) is 14.7 Å². The molecule has 3 aliphatic heterocycles. The van der Waals surface area contributed by atoms with Crippen LogP contribution < -0.4 is 10.4 Å². The Kier molecular flexibility index (Phi) is 6.45. The van der Waals surface area contributed by atoms with Gasteiger partial charge in [0, 0.05) is 24.4 Å². The molecule has 1 aromatic heterocycles. The third-order valence-electron chi connectivity index (χ3n) is 7.47. The lowest BCUT2D eigenvalue weighted by atomic mass is 9.82. The van der Waals surface area contributed by atoms with Crippen molar-refractivity contribution < 1.29 is 28.3 Å². The van der Waals surface area contributed by atoms with Crippen LogP contribution in [0.4, 0.5) is 0 Å². The number of nitrogens with one attached hydrogen (secondary N) is 1. The molecule has 1 unspecified atom stereocenters. The molecular formula is C28H30N2O5. The molecule has 1 atom stereocenters. The molecule has 0 saturated carbocycles. The smallest absolute Gasteiger partial charge is 0.304 e. The monoisotopic (exact) mass is 474 g/mol. The summed E-state index contributed by atoms with van der Waals surface area (Å²) in [7, 11) is 0. The van der Waals surface area contributed by atoms with E-state index in [2.05, 4.69) is 5.32 Å². The van der Waals surface area contributed by atoms with Gasteiger partial charge in [-0.15, -0.1) is 0 Å². The number of hydrogen-bond donors (Lipinski definition) is 1. The molecule has 3 fully saturated rings. The number of benzene rings is 2. The number of ether oxygens (including phenoxy) is 1. The van der Waals surface area contributed by atoms with E-state index in [1.807, 2.05) is 18.2 Å². The Bertz CT molecular complexity index is 1100. The predicted octanol–water partition coefficient (Wildman–Crippen LogP) is 2.35. The first-order chi connectivity index (χ1) is 17.0. The van der Waals surface area contributed by atoms with E-state index in [1.165, 1.54) is 0 Å². The molecule has 2 aromatic carbocycles. The van der Waals surface area contributed by atoms with Crippen LogP contribution in [-0.2, 0) is 26.5 Å². The maximum absolute atomic E-state index is 14.2. The van der Waals surface area contributed by atoms with Crippen molar-refractivity contribution >= 4 is 11.9 Å². The fraction of sp³-hybridized carbons (Fsp3) is 0.357. The summed E-state index contributed by atoms with van der Waals surface area (Å²) in [6.45, 7) is 2.95. The van der Waals surface area contributed by atoms with Gasteiger partial charge in [-0.3, -0.25) is 9.59 Å². The number of furan rings is 1. The minimum atomic E-state index is -2.15. The molecule has 3 aromatic rings. The summed E-state index contributed by atoms with van der Waals surface area (Å²) >= 11 is 0. The average molecular weight is 475 g/mol. The summed E-state index contributed by atoms with van der Waals surface area (Å²) < 4.78 is 11.9. The first-order valence-electron chi connectivity index (χ1n) is 12.2. The lowest BCUT2D eigenvalue weighted by Crippen LogP contribution is -2.67. The van der Waals surface area contributed by atoms with E-state index in [1.54, 1.807) is 60.9 Å². The summed E-state index contributed by atoms with van der Waals surface area (Å²) in [5.41, 5.74) is -1.43. The Morgan fingerprint density at radius 1 is 0.971 bits per heavy atom. The van der Waals surface area contributed by atoms with Crippen molar-refractivity contribution in [1.82, 2.24) is 5.32 Å². The van der Waals surface area contributed by atoms with Crippen LogP contribution in [0.1, 0.15) is 29.7 Å². The van der Waals surface area contributed by atoms with Gasteiger partial charge in [0.05, 0.1) is 25.9 Å². The highest BCUT2D eigenvalue weighted by Crippen LogP contribution is 2.37. The predicted molar refractivity (Wildman–Crippen MR) is 127 cm³/mol. The Hall–Kier alpha value is -3.42. The van der Waals surface area contributed by atoms with Crippen LogP contribution >= 0.6 is 0 Å². The Morgan fingerprint density at radius 2 is 1.60 bits per heavy atom. The largest absolute Gasteiger partial charge is 0.834 e. The van der Waals surface area contributed by atoms with Crippen molar-refractivity contribution in [3.63, 3.8) is 0 Å². The van der Waals surface area contributed by atoms with Gasteiger partial charge in [-0.2, -0.15) is 0 Å². The Labute approximate surface area is 204 Å². The second kappa shape index (κ2) is 9.68. The maximum atomic E-state index is 14.2. The normalized spacial score (nSPS) is 23.6. The van der Waals surface area contributed by atoms with E-state index >= 15 is 0 Å².